The molecular weight excluding hydrogens is 288 g/mol. The van der Waals surface area contributed by atoms with Crippen LogP contribution in [0.2, 0.25) is 0 Å². The molecule has 0 radical (unpaired) electrons. The molecule has 0 amide bonds. The van der Waals surface area contributed by atoms with Crippen molar-refractivity contribution in [3.05, 3.63) is 36.5 Å². The van der Waals surface area contributed by atoms with Gasteiger partial charge in [-0.1, -0.05) is 12.1 Å². The van der Waals surface area contributed by atoms with Gasteiger partial charge in [0.15, 0.2) is 0 Å². The molecule has 1 aliphatic heterocycles. The molecule has 1 saturated heterocycles. The number of aliphatic hydroxyl groups excluding tert-OH is 1. The second kappa shape index (κ2) is 6.96. The van der Waals surface area contributed by atoms with E-state index in [4.69, 9.17) is 4.98 Å². The van der Waals surface area contributed by atoms with Crippen LogP contribution in [0.15, 0.2) is 36.5 Å². The lowest BCUT2D eigenvalue weighted by Crippen LogP contribution is -2.35. The summed E-state index contributed by atoms with van der Waals surface area (Å²) in [5, 5.41) is 9.25. The number of piperidine rings is 1. The maximum Gasteiger partial charge on any atom is 0.225 e. The Balaban J connectivity index is 1.77. The molecule has 5 heteroatoms. The number of benzene rings is 1. The van der Waals surface area contributed by atoms with Crippen molar-refractivity contribution in [3.63, 3.8) is 0 Å². The number of hydrogen-bond acceptors (Lipinski definition) is 5. The van der Waals surface area contributed by atoms with Crippen molar-refractivity contribution in [3.8, 4) is 11.3 Å². The molecule has 1 fully saturated rings. The molecule has 0 aliphatic carbocycles. The summed E-state index contributed by atoms with van der Waals surface area (Å²) in [4.78, 5) is 13.5. The highest BCUT2D eigenvalue weighted by Crippen LogP contribution is 2.24. The number of hydrogen-bond donors (Lipinski definition) is 1. The highest BCUT2D eigenvalue weighted by atomic mass is 16.3. The lowest BCUT2D eigenvalue weighted by atomic mass is 9.98. The molecule has 0 unspecified atom stereocenters. The van der Waals surface area contributed by atoms with Crippen LogP contribution in [0.1, 0.15) is 12.8 Å². The number of rotatable bonds is 4. The molecule has 0 atom stereocenters. The number of nitrogens with zero attached hydrogens (tertiary/aromatic N) is 4. The third-order valence-corrected chi connectivity index (χ3v) is 4.48. The maximum atomic E-state index is 9.25. The van der Waals surface area contributed by atoms with Crippen molar-refractivity contribution in [1.29, 1.82) is 0 Å². The Morgan fingerprint density at radius 2 is 1.83 bits per heavy atom. The fourth-order valence-corrected chi connectivity index (χ4v) is 2.91. The van der Waals surface area contributed by atoms with Crippen LogP contribution < -0.4 is 9.80 Å². The van der Waals surface area contributed by atoms with Crippen LogP contribution >= 0.6 is 0 Å². The van der Waals surface area contributed by atoms with Crippen molar-refractivity contribution in [2.24, 2.45) is 5.92 Å². The predicted octanol–water partition coefficient (Wildman–Crippen LogP) is 2.42. The topological polar surface area (TPSA) is 52.5 Å². The third kappa shape index (κ3) is 3.62. The van der Waals surface area contributed by atoms with Crippen LogP contribution in [0.4, 0.5) is 11.6 Å². The monoisotopic (exact) mass is 312 g/mol. The summed E-state index contributed by atoms with van der Waals surface area (Å²) in [6.45, 7) is 2.11. The quantitative estimate of drug-likeness (QED) is 0.939. The molecule has 1 N–H and O–H groups in total. The highest BCUT2D eigenvalue weighted by molar-refractivity contribution is 5.63. The summed E-state index contributed by atoms with van der Waals surface area (Å²) in [5.74, 6) is 1.21. The Bertz CT molecular complexity index is 634. The largest absolute Gasteiger partial charge is 0.396 e. The number of aromatic nitrogens is 2. The van der Waals surface area contributed by atoms with Gasteiger partial charge in [0.25, 0.3) is 0 Å². The lowest BCUT2D eigenvalue weighted by Gasteiger charge is -2.31. The van der Waals surface area contributed by atoms with Gasteiger partial charge in [-0.05, 0) is 37.0 Å². The first-order chi connectivity index (χ1) is 11.2. The number of anilines is 2. The molecule has 2 heterocycles. The smallest absolute Gasteiger partial charge is 0.225 e. The van der Waals surface area contributed by atoms with Gasteiger partial charge in [0.05, 0.1) is 5.69 Å². The zero-order chi connectivity index (χ0) is 16.2. The second-order valence-electron chi connectivity index (χ2n) is 6.30. The van der Waals surface area contributed by atoms with E-state index in [9.17, 15) is 5.11 Å². The van der Waals surface area contributed by atoms with Crippen LogP contribution in [0.3, 0.4) is 0 Å². The Morgan fingerprint density at radius 1 is 1.13 bits per heavy atom. The summed E-state index contributed by atoms with van der Waals surface area (Å²) in [6, 6.07) is 10.3. The van der Waals surface area contributed by atoms with Crippen molar-refractivity contribution < 1.29 is 5.11 Å². The molecule has 1 aromatic heterocycles. The molecule has 5 nitrogen and oxygen atoms in total. The Labute approximate surface area is 137 Å². The van der Waals surface area contributed by atoms with Crippen molar-refractivity contribution in [2.45, 2.75) is 12.8 Å². The van der Waals surface area contributed by atoms with E-state index in [0.717, 1.165) is 43.1 Å². The average Bonchev–Trinajstić information content (AvgIpc) is 2.62. The van der Waals surface area contributed by atoms with Gasteiger partial charge in [-0.15, -0.1) is 0 Å². The summed E-state index contributed by atoms with van der Waals surface area (Å²) in [5.41, 5.74) is 3.23. The van der Waals surface area contributed by atoms with Crippen molar-refractivity contribution in [1.82, 2.24) is 9.97 Å². The fraction of sp³-hybridized carbons (Fsp3) is 0.444. The Morgan fingerprint density at radius 3 is 2.43 bits per heavy atom. The van der Waals surface area contributed by atoms with Crippen LogP contribution in [0.25, 0.3) is 11.3 Å². The molecule has 0 spiro atoms. The molecule has 23 heavy (non-hydrogen) atoms. The average molecular weight is 312 g/mol. The molecule has 0 saturated carbocycles. The Hall–Kier alpha value is -2.14. The molecule has 1 aliphatic rings. The standard InChI is InChI=1S/C18H24N4O/c1-21(2)16-5-3-15(4-6-16)17-7-10-19-18(20-17)22-11-8-14(13-23)9-12-22/h3-7,10,14,23H,8-9,11-13H2,1-2H3. The van der Waals surface area contributed by atoms with E-state index in [2.05, 4.69) is 39.0 Å². The number of aliphatic hydroxyl groups is 1. The first-order valence-corrected chi connectivity index (χ1v) is 8.14. The summed E-state index contributed by atoms with van der Waals surface area (Å²) < 4.78 is 0. The predicted molar refractivity (Wildman–Crippen MR) is 93.8 cm³/mol. The first-order valence-electron chi connectivity index (χ1n) is 8.14. The van der Waals surface area contributed by atoms with Crippen LogP contribution in [-0.2, 0) is 0 Å². The zero-order valence-electron chi connectivity index (χ0n) is 13.8. The van der Waals surface area contributed by atoms with Crippen molar-refractivity contribution >= 4 is 11.6 Å². The fourth-order valence-electron chi connectivity index (χ4n) is 2.91. The first kappa shape index (κ1) is 15.7. The Kier molecular flexibility index (Phi) is 4.76. The normalized spacial score (nSPS) is 15.7. The second-order valence-corrected chi connectivity index (χ2v) is 6.30. The van der Waals surface area contributed by atoms with Gasteiger partial charge in [-0.2, -0.15) is 0 Å². The van der Waals surface area contributed by atoms with Gasteiger partial charge in [-0.25, -0.2) is 9.97 Å². The van der Waals surface area contributed by atoms with Gasteiger partial charge in [0.1, 0.15) is 0 Å². The van der Waals surface area contributed by atoms with Gasteiger partial charge >= 0.3 is 0 Å². The van der Waals surface area contributed by atoms with E-state index in [1.807, 2.05) is 26.4 Å². The van der Waals surface area contributed by atoms with Crippen LogP contribution in [-0.4, -0.2) is 48.9 Å². The summed E-state index contributed by atoms with van der Waals surface area (Å²) in [6.07, 6.45) is 3.83. The minimum atomic E-state index is 0.285. The molecule has 1 aromatic carbocycles. The molecule has 3 rings (SSSR count). The van der Waals surface area contributed by atoms with Crippen LogP contribution in [0.5, 0.6) is 0 Å². The van der Waals surface area contributed by atoms with E-state index in [0.29, 0.717) is 5.92 Å². The van der Waals surface area contributed by atoms with Gasteiger partial charge in [0.2, 0.25) is 5.95 Å². The van der Waals surface area contributed by atoms with E-state index < -0.39 is 0 Å². The molecular formula is C18H24N4O. The molecule has 122 valence electrons. The van der Waals surface area contributed by atoms with E-state index in [-0.39, 0.29) is 6.61 Å². The highest BCUT2D eigenvalue weighted by Gasteiger charge is 2.20. The lowest BCUT2D eigenvalue weighted by molar-refractivity contribution is 0.202. The summed E-state index contributed by atoms with van der Waals surface area (Å²) in [7, 11) is 4.07. The van der Waals surface area contributed by atoms with E-state index in [1.54, 1.807) is 0 Å². The zero-order valence-corrected chi connectivity index (χ0v) is 13.8. The van der Waals surface area contributed by atoms with Crippen LogP contribution in [0, 0.1) is 5.92 Å². The van der Waals surface area contributed by atoms with Crippen molar-refractivity contribution in [2.75, 3.05) is 43.6 Å². The summed E-state index contributed by atoms with van der Waals surface area (Å²) >= 11 is 0. The SMILES string of the molecule is CN(C)c1ccc(-c2ccnc(N3CCC(CO)CC3)n2)cc1. The van der Waals surface area contributed by atoms with E-state index in [1.165, 1.54) is 5.69 Å². The molecule has 2 aromatic rings. The minimum absolute atomic E-state index is 0.285. The minimum Gasteiger partial charge on any atom is -0.396 e. The third-order valence-electron chi connectivity index (χ3n) is 4.48. The van der Waals surface area contributed by atoms with Gasteiger partial charge in [-0.3, -0.25) is 0 Å². The van der Waals surface area contributed by atoms with Gasteiger partial charge in [0, 0.05) is 51.2 Å². The molecule has 0 bridgehead atoms. The maximum absolute atomic E-state index is 9.25. The van der Waals surface area contributed by atoms with E-state index >= 15 is 0 Å². The van der Waals surface area contributed by atoms with Gasteiger partial charge < -0.3 is 14.9 Å².